The predicted molar refractivity (Wildman–Crippen MR) is 95.1 cm³/mol. The summed E-state index contributed by atoms with van der Waals surface area (Å²) in [5.41, 5.74) is 2.18. The molecule has 126 valence electrons. The van der Waals surface area contributed by atoms with E-state index in [1.54, 1.807) is 36.4 Å². The third-order valence-electron chi connectivity index (χ3n) is 3.53. The highest BCUT2D eigenvalue weighted by molar-refractivity contribution is 9.10. The zero-order chi connectivity index (χ0) is 17.6. The molecule has 1 aliphatic rings. The van der Waals surface area contributed by atoms with E-state index in [2.05, 4.69) is 15.9 Å². The van der Waals surface area contributed by atoms with Gasteiger partial charge in [0.15, 0.2) is 11.5 Å². The van der Waals surface area contributed by atoms with Gasteiger partial charge in [0.05, 0.1) is 11.6 Å². The SMILES string of the molecule is N#Cc1ccc(/C=C/C(=O)OCc2cc3c(cc2Br)OCCO3)cc1. The normalized spacial score (nSPS) is 12.6. The fourth-order valence-electron chi connectivity index (χ4n) is 2.25. The maximum atomic E-state index is 11.9. The standard InChI is InChI=1S/C19H14BrNO4/c20-16-10-18-17(23-7-8-24-18)9-15(16)12-25-19(22)6-5-13-1-3-14(11-21)4-2-13/h1-6,9-10H,7-8,12H2/b6-5+. The van der Waals surface area contributed by atoms with E-state index in [1.807, 2.05) is 12.1 Å². The number of hydrogen-bond acceptors (Lipinski definition) is 5. The Morgan fingerprint density at radius 1 is 1.20 bits per heavy atom. The molecule has 0 saturated carbocycles. The Morgan fingerprint density at radius 3 is 2.56 bits per heavy atom. The number of benzene rings is 2. The second kappa shape index (κ2) is 7.86. The molecule has 0 atom stereocenters. The molecule has 2 aromatic carbocycles. The van der Waals surface area contributed by atoms with Crippen molar-refractivity contribution in [3.8, 4) is 17.6 Å². The number of nitriles is 1. The fraction of sp³-hybridized carbons (Fsp3) is 0.158. The number of carbonyl (C=O) groups is 1. The molecule has 2 aromatic rings. The lowest BCUT2D eigenvalue weighted by atomic mass is 10.1. The highest BCUT2D eigenvalue weighted by Crippen LogP contribution is 2.35. The van der Waals surface area contributed by atoms with Crippen LogP contribution in [0.15, 0.2) is 46.9 Å². The molecule has 0 bridgehead atoms. The van der Waals surface area contributed by atoms with Crippen molar-refractivity contribution in [3.05, 3.63) is 63.6 Å². The van der Waals surface area contributed by atoms with E-state index in [0.29, 0.717) is 30.3 Å². The van der Waals surface area contributed by atoms with Gasteiger partial charge >= 0.3 is 5.97 Å². The van der Waals surface area contributed by atoms with Crippen molar-refractivity contribution in [1.29, 1.82) is 5.26 Å². The molecule has 0 fully saturated rings. The summed E-state index contributed by atoms with van der Waals surface area (Å²) >= 11 is 3.44. The van der Waals surface area contributed by atoms with Crippen LogP contribution in [0.25, 0.3) is 6.08 Å². The van der Waals surface area contributed by atoms with Crippen molar-refractivity contribution in [2.45, 2.75) is 6.61 Å². The topological polar surface area (TPSA) is 68.6 Å². The zero-order valence-corrected chi connectivity index (χ0v) is 14.8. The largest absolute Gasteiger partial charge is 0.486 e. The molecular formula is C19H14BrNO4. The van der Waals surface area contributed by atoms with Crippen LogP contribution < -0.4 is 9.47 Å². The van der Waals surface area contributed by atoms with E-state index < -0.39 is 5.97 Å². The van der Waals surface area contributed by atoms with Crippen LogP contribution in [-0.4, -0.2) is 19.2 Å². The maximum Gasteiger partial charge on any atom is 0.331 e. The van der Waals surface area contributed by atoms with Crippen molar-refractivity contribution in [2.75, 3.05) is 13.2 Å². The molecule has 0 aliphatic carbocycles. The summed E-state index contributed by atoms with van der Waals surface area (Å²) < 4.78 is 17.1. The highest BCUT2D eigenvalue weighted by atomic mass is 79.9. The molecule has 1 heterocycles. The average molecular weight is 400 g/mol. The minimum atomic E-state index is -0.453. The minimum Gasteiger partial charge on any atom is -0.486 e. The first-order valence-electron chi connectivity index (χ1n) is 7.59. The number of nitrogens with zero attached hydrogens (tertiary/aromatic N) is 1. The van der Waals surface area contributed by atoms with Gasteiger partial charge in [-0.1, -0.05) is 28.1 Å². The summed E-state index contributed by atoms with van der Waals surface area (Å²) in [6.07, 6.45) is 3.00. The lowest BCUT2D eigenvalue weighted by Gasteiger charge is -2.19. The monoisotopic (exact) mass is 399 g/mol. The number of halogens is 1. The van der Waals surface area contributed by atoms with E-state index in [4.69, 9.17) is 19.5 Å². The Hall–Kier alpha value is -2.78. The zero-order valence-electron chi connectivity index (χ0n) is 13.2. The van der Waals surface area contributed by atoms with Gasteiger partial charge in [-0.25, -0.2) is 4.79 Å². The van der Waals surface area contributed by atoms with E-state index in [-0.39, 0.29) is 6.61 Å². The molecule has 0 radical (unpaired) electrons. The predicted octanol–water partition coefficient (Wildman–Crippen LogP) is 3.85. The van der Waals surface area contributed by atoms with Gasteiger partial charge in [-0.05, 0) is 35.9 Å². The van der Waals surface area contributed by atoms with E-state index in [1.165, 1.54) is 6.08 Å². The summed E-state index contributed by atoms with van der Waals surface area (Å²) in [7, 11) is 0. The molecule has 0 amide bonds. The van der Waals surface area contributed by atoms with Crippen LogP contribution >= 0.6 is 15.9 Å². The van der Waals surface area contributed by atoms with Crippen LogP contribution in [0.5, 0.6) is 11.5 Å². The summed E-state index contributed by atoms with van der Waals surface area (Å²) in [6, 6.07) is 12.6. The van der Waals surface area contributed by atoms with Crippen LogP contribution in [0.3, 0.4) is 0 Å². The lowest BCUT2D eigenvalue weighted by Crippen LogP contribution is -2.15. The highest BCUT2D eigenvalue weighted by Gasteiger charge is 2.15. The molecule has 0 aromatic heterocycles. The van der Waals surface area contributed by atoms with Crippen LogP contribution in [-0.2, 0) is 16.1 Å². The van der Waals surface area contributed by atoms with Crippen molar-refractivity contribution < 1.29 is 19.0 Å². The van der Waals surface area contributed by atoms with Crippen LogP contribution in [0.2, 0.25) is 0 Å². The van der Waals surface area contributed by atoms with Gasteiger partial charge in [-0.2, -0.15) is 5.26 Å². The summed E-state index contributed by atoms with van der Waals surface area (Å²) in [5.74, 6) is 0.869. The van der Waals surface area contributed by atoms with Gasteiger partial charge in [0.1, 0.15) is 19.8 Å². The lowest BCUT2D eigenvalue weighted by molar-refractivity contribution is -0.138. The quantitative estimate of drug-likeness (QED) is 0.576. The molecule has 0 unspecified atom stereocenters. The van der Waals surface area contributed by atoms with Crippen molar-refractivity contribution in [1.82, 2.24) is 0 Å². The smallest absolute Gasteiger partial charge is 0.331 e. The van der Waals surface area contributed by atoms with E-state index in [0.717, 1.165) is 15.6 Å². The van der Waals surface area contributed by atoms with Gasteiger partial charge < -0.3 is 14.2 Å². The van der Waals surface area contributed by atoms with Crippen LogP contribution in [0, 0.1) is 11.3 Å². The maximum absolute atomic E-state index is 11.9. The number of carbonyl (C=O) groups excluding carboxylic acids is 1. The second-order valence-electron chi connectivity index (χ2n) is 5.26. The second-order valence-corrected chi connectivity index (χ2v) is 6.12. The Labute approximate surface area is 153 Å². The van der Waals surface area contributed by atoms with E-state index in [9.17, 15) is 4.79 Å². The van der Waals surface area contributed by atoms with Gasteiger partial charge in [0.25, 0.3) is 0 Å². The Morgan fingerprint density at radius 2 is 1.88 bits per heavy atom. The Kier molecular flexibility index (Phi) is 5.36. The molecule has 0 saturated heterocycles. The number of hydrogen-bond donors (Lipinski definition) is 0. The minimum absolute atomic E-state index is 0.119. The molecule has 1 aliphatic heterocycles. The molecular weight excluding hydrogens is 386 g/mol. The third-order valence-corrected chi connectivity index (χ3v) is 4.27. The van der Waals surface area contributed by atoms with Crippen LogP contribution in [0.4, 0.5) is 0 Å². The first-order valence-corrected chi connectivity index (χ1v) is 8.38. The summed E-state index contributed by atoms with van der Waals surface area (Å²) in [5, 5.41) is 8.76. The first kappa shape index (κ1) is 17.1. The number of ether oxygens (including phenoxy) is 3. The van der Waals surface area contributed by atoms with Gasteiger partial charge in [0, 0.05) is 16.1 Å². The number of rotatable bonds is 4. The van der Waals surface area contributed by atoms with Crippen LogP contribution in [0.1, 0.15) is 16.7 Å². The van der Waals surface area contributed by atoms with Crippen molar-refractivity contribution in [2.24, 2.45) is 0 Å². The number of fused-ring (bicyclic) bond motifs is 1. The molecule has 0 spiro atoms. The summed E-state index contributed by atoms with van der Waals surface area (Å²) in [4.78, 5) is 11.9. The molecule has 3 rings (SSSR count). The number of esters is 1. The van der Waals surface area contributed by atoms with Crippen molar-refractivity contribution >= 4 is 28.0 Å². The Bertz CT molecular complexity index is 853. The molecule has 25 heavy (non-hydrogen) atoms. The summed E-state index contributed by atoms with van der Waals surface area (Å²) in [6.45, 7) is 1.14. The molecule has 6 heteroatoms. The van der Waals surface area contributed by atoms with Crippen molar-refractivity contribution in [3.63, 3.8) is 0 Å². The van der Waals surface area contributed by atoms with Gasteiger partial charge in [-0.15, -0.1) is 0 Å². The Balaban J connectivity index is 1.60. The van der Waals surface area contributed by atoms with Gasteiger partial charge in [-0.3, -0.25) is 0 Å². The fourth-order valence-corrected chi connectivity index (χ4v) is 2.68. The van der Waals surface area contributed by atoms with E-state index >= 15 is 0 Å². The molecule has 0 N–H and O–H groups in total. The molecule has 5 nitrogen and oxygen atoms in total. The first-order chi connectivity index (χ1) is 12.2. The van der Waals surface area contributed by atoms with Gasteiger partial charge in [0.2, 0.25) is 0 Å². The third kappa shape index (κ3) is 4.40. The average Bonchev–Trinajstić information content (AvgIpc) is 2.65.